The van der Waals surface area contributed by atoms with Crippen molar-refractivity contribution < 1.29 is 18.0 Å². The van der Waals surface area contributed by atoms with Gasteiger partial charge in [0.2, 0.25) is 5.91 Å². The first-order valence-electron chi connectivity index (χ1n) is 8.48. The SMILES string of the molecule is CCC(=O)Nc1c(NC)c2ccc(C(F)(F)F)nc2n(-c2ccccc2)c1=O. The van der Waals surface area contributed by atoms with E-state index in [1.54, 1.807) is 37.3 Å². The molecule has 0 spiro atoms. The van der Waals surface area contributed by atoms with Gasteiger partial charge < -0.3 is 10.6 Å². The van der Waals surface area contributed by atoms with E-state index in [9.17, 15) is 22.8 Å². The van der Waals surface area contributed by atoms with Crippen LogP contribution in [0.1, 0.15) is 19.0 Å². The molecule has 0 fully saturated rings. The van der Waals surface area contributed by atoms with E-state index in [-0.39, 0.29) is 28.8 Å². The number of alkyl halides is 3. The first-order chi connectivity index (χ1) is 13.3. The molecule has 146 valence electrons. The molecule has 0 unspecified atom stereocenters. The second-order valence-corrected chi connectivity index (χ2v) is 5.94. The molecule has 3 rings (SSSR count). The van der Waals surface area contributed by atoms with E-state index in [4.69, 9.17) is 0 Å². The lowest BCUT2D eigenvalue weighted by Crippen LogP contribution is -2.27. The van der Waals surface area contributed by atoms with Crippen LogP contribution in [0.25, 0.3) is 16.7 Å². The number of para-hydroxylation sites is 1. The van der Waals surface area contributed by atoms with Crippen molar-refractivity contribution in [3.05, 3.63) is 58.5 Å². The highest BCUT2D eigenvalue weighted by molar-refractivity contribution is 6.02. The van der Waals surface area contributed by atoms with Gasteiger partial charge in [-0.15, -0.1) is 0 Å². The number of hydrogen-bond acceptors (Lipinski definition) is 4. The minimum Gasteiger partial charge on any atom is -0.386 e. The van der Waals surface area contributed by atoms with Crippen molar-refractivity contribution >= 4 is 28.3 Å². The number of pyridine rings is 2. The highest BCUT2D eigenvalue weighted by Gasteiger charge is 2.33. The van der Waals surface area contributed by atoms with Gasteiger partial charge in [0, 0.05) is 18.9 Å². The Labute approximate surface area is 158 Å². The monoisotopic (exact) mass is 390 g/mol. The van der Waals surface area contributed by atoms with E-state index in [0.29, 0.717) is 5.69 Å². The zero-order valence-corrected chi connectivity index (χ0v) is 15.1. The van der Waals surface area contributed by atoms with Crippen LogP contribution < -0.4 is 16.2 Å². The Kier molecular flexibility index (Phi) is 5.08. The van der Waals surface area contributed by atoms with Crippen LogP contribution in [0.5, 0.6) is 0 Å². The van der Waals surface area contributed by atoms with Crippen LogP contribution in [-0.2, 0) is 11.0 Å². The molecule has 0 aliphatic rings. The average Bonchev–Trinajstić information content (AvgIpc) is 2.68. The van der Waals surface area contributed by atoms with Crippen LogP contribution in [0.4, 0.5) is 24.5 Å². The van der Waals surface area contributed by atoms with Gasteiger partial charge in [-0.05, 0) is 24.3 Å². The standard InChI is InChI=1S/C19H17F3N4O2/c1-3-14(27)25-16-15(23-2)12-9-10-13(19(20,21)22)24-17(12)26(18(16)28)11-7-5-4-6-8-11/h4-10,23H,3H2,1-2H3,(H,25,27). The van der Waals surface area contributed by atoms with Gasteiger partial charge >= 0.3 is 6.18 Å². The second-order valence-electron chi connectivity index (χ2n) is 5.94. The smallest absolute Gasteiger partial charge is 0.386 e. The minimum absolute atomic E-state index is 0.0488. The summed E-state index contributed by atoms with van der Waals surface area (Å²) >= 11 is 0. The number of amides is 1. The number of halogens is 3. The third-order valence-corrected chi connectivity index (χ3v) is 4.16. The lowest BCUT2D eigenvalue weighted by Gasteiger charge is -2.18. The molecular formula is C19H17F3N4O2. The molecule has 2 heterocycles. The third kappa shape index (κ3) is 3.42. The Hall–Kier alpha value is -3.36. The minimum atomic E-state index is -4.67. The average molecular weight is 390 g/mol. The molecule has 28 heavy (non-hydrogen) atoms. The first-order valence-corrected chi connectivity index (χ1v) is 8.48. The quantitative estimate of drug-likeness (QED) is 0.711. The van der Waals surface area contributed by atoms with Gasteiger partial charge in [-0.25, -0.2) is 4.98 Å². The fourth-order valence-corrected chi connectivity index (χ4v) is 2.84. The van der Waals surface area contributed by atoms with E-state index in [2.05, 4.69) is 15.6 Å². The largest absolute Gasteiger partial charge is 0.433 e. The van der Waals surface area contributed by atoms with Crippen LogP contribution in [-0.4, -0.2) is 22.5 Å². The number of carbonyl (C=O) groups excluding carboxylic acids is 1. The Morgan fingerprint density at radius 3 is 2.36 bits per heavy atom. The van der Waals surface area contributed by atoms with Gasteiger partial charge in [0.1, 0.15) is 17.0 Å². The highest BCUT2D eigenvalue weighted by Crippen LogP contribution is 2.33. The number of fused-ring (bicyclic) bond motifs is 1. The summed E-state index contributed by atoms with van der Waals surface area (Å²) in [6.45, 7) is 1.63. The van der Waals surface area contributed by atoms with E-state index in [1.165, 1.54) is 13.1 Å². The molecule has 0 bridgehead atoms. The Morgan fingerprint density at radius 1 is 1.11 bits per heavy atom. The number of nitrogens with one attached hydrogen (secondary N) is 2. The van der Waals surface area contributed by atoms with E-state index < -0.39 is 23.3 Å². The van der Waals surface area contributed by atoms with Crippen molar-refractivity contribution in [2.45, 2.75) is 19.5 Å². The Balaban J connectivity index is 2.46. The van der Waals surface area contributed by atoms with Crippen molar-refractivity contribution in [3.8, 4) is 5.69 Å². The fraction of sp³-hybridized carbons (Fsp3) is 0.211. The molecule has 0 radical (unpaired) electrons. The number of carbonyl (C=O) groups is 1. The molecule has 6 nitrogen and oxygen atoms in total. The molecule has 1 aromatic carbocycles. The molecule has 0 saturated heterocycles. The molecule has 2 aromatic heterocycles. The molecular weight excluding hydrogens is 373 g/mol. The normalized spacial score (nSPS) is 11.5. The van der Waals surface area contributed by atoms with Crippen molar-refractivity contribution in [1.29, 1.82) is 0 Å². The van der Waals surface area contributed by atoms with Crippen molar-refractivity contribution in [2.75, 3.05) is 17.7 Å². The summed E-state index contributed by atoms with van der Waals surface area (Å²) in [6.07, 6.45) is -4.53. The molecule has 0 aliphatic carbocycles. The molecule has 0 saturated carbocycles. The van der Waals surface area contributed by atoms with Gasteiger partial charge in [0.25, 0.3) is 5.56 Å². The van der Waals surface area contributed by atoms with E-state index >= 15 is 0 Å². The molecule has 3 aromatic rings. The number of benzene rings is 1. The lowest BCUT2D eigenvalue weighted by atomic mass is 10.1. The van der Waals surface area contributed by atoms with Crippen molar-refractivity contribution in [3.63, 3.8) is 0 Å². The van der Waals surface area contributed by atoms with Gasteiger partial charge in [-0.3, -0.25) is 14.2 Å². The van der Waals surface area contributed by atoms with Crippen LogP contribution in [0.3, 0.4) is 0 Å². The summed E-state index contributed by atoms with van der Waals surface area (Å²) in [6, 6.07) is 10.2. The number of anilines is 2. The van der Waals surface area contributed by atoms with Crippen LogP contribution in [0.2, 0.25) is 0 Å². The summed E-state index contributed by atoms with van der Waals surface area (Å²) in [5.41, 5.74) is -1.47. The Morgan fingerprint density at radius 2 is 1.79 bits per heavy atom. The van der Waals surface area contributed by atoms with Crippen molar-refractivity contribution in [1.82, 2.24) is 9.55 Å². The Bertz CT molecular complexity index is 1090. The van der Waals surface area contributed by atoms with Gasteiger partial charge in [-0.2, -0.15) is 13.2 Å². The zero-order valence-electron chi connectivity index (χ0n) is 15.1. The summed E-state index contributed by atoms with van der Waals surface area (Å²) in [4.78, 5) is 28.8. The van der Waals surface area contributed by atoms with Crippen LogP contribution >= 0.6 is 0 Å². The van der Waals surface area contributed by atoms with Crippen LogP contribution in [0, 0.1) is 0 Å². The van der Waals surface area contributed by atoms with Gasteiger partial charge in [0.15, 0.2) is 0 Å². The first kappa shape index (κ1) is 19.4. The molecule has 9 heteroatoms. The molecule has 0 atom stereocenters. The van der Waals surface area contributed by atoms with E-state index in [1.807, 2.05) is 0 Å². The number of nitrogens with zero attached hydrogens (tertiary/aromatic N) is 2. The van der Waals surface area contributed by atoms with Crippen molar-refractivity contribution in [2.24, 2.45) is 0 Å². The van der Waals surface area contributed by atoms with Gasteiger partial charge in [-0.1, -0.05) is 25.1 Å². The van der Waals surface area contributed by atoms with Gasteiger partial charge in [0.05, 0.1) is 11.4 Å². The summed E-state index contributed by atoms with van der Waals surface area (Å²) in [7, 11) is 1.51. The maximum absolute atomic E-state index is 13.2. The number of rotatable bonds is 4. The topological polar surface area (TPSA) is 76.0 Å². The van der Waals surface area contributed by atoms with E-state index in [0.717, 1.165) is 10.6 Å². The van der Waals surface area contributed by atoms with Crippen LogP contribution in [0.15, 0.2) is 47.3 Å². The molecule has 1 amide bonds. The number of aromatic nitrogens is 2. The lowest BCUT2D eigenvalue weighted by molar-refractivity contribution is -0.141. The predicted octanol–water partition coefficient (Wildman–Crippen LogP) is 3.79. The summed E-state index contributed by atoms with van der Waals surface area (Å²) in [5.74, 6) is -0.396. The highest BCUT2D eigenvalue weighted by atomic mass is 19.4. The maximum Gasteiger partial charge on any atom is 0.433 e. The fourth-order valence-electron chi connectivity index (χ4n) is 2.84. The third-order valence-electron chi connectivity index (χ3n) is 4.16. The summed E-state index contributed by atoms with van der Waals surface area (Å²) in [5, 5.41) is 5.61. The predicted molar refractivity (Wildman–Crippen MR) is 101 cm³/mol. The zero-order chi connectivity index (χ0) is 20.5. The maximum atomic E-state index is 13.2. The number of hydrogen-bond donors (Lipinski definition) is 2. The molecule has 0 aliphatic heterocycles. The molecule has 2 N–H and O–H groups in total. The summed E-state index contributed by atoms with van der Waals surface area (Å²) < 4.78 is 40.7. The second kappa shape index (κ2) is 7.34.